The van der Waals surface area contributed by atoms with E-state index < -0.39 is 18.1 Å². The smallest absolute Gasteiger partial charge is 0.289 e. The lowest BCUT2D eigenvalue weighted by molar-refractivity contribution is -0.191. The predicted molar refractivity (Wildman–Crippen MR) is 65.5 cm³/mol. The van der Waals surface area contributed by atoms with Crippen molar-refractivity contribution < 1.29 is 13.9 Å². The van der Waals surface area contributed by atoms with Crippen molar-refractivity contribution in [3.63, 3.8) is 0 Å². The minimum Gasteiger partial charge on any atom is -0.382 e. The highest BCUT2D eigenvalue weighted by Crippen LogP contribution is 2.33. The zero-order valence-electron chi connectivity index (χ0n) is 10.1. The van der Waals surface area contributed by atoms with E-state index in [9.17, 15) is 13.9 Å². The van der Waals surface area contributed by atoms with E-state index in [1.54, 1.807) is 0 Å². The molecule has 1 aromatic rings. The summed E-state index contributed by atoms with van der Waals surface area (Å²) in [5, 5.41) is 15.5. The normalized spacial score (nSPS) is 27.1. The Bertz CT molecular complexity index is 386. The molecule has 1 heterocycles. The minimum absolute atomic E-state index is 0.0573. The predicted octanol–water partition coefficient (Wildman–Crippen LogP) is 1.14. The number of aliphatic hydroxyl groups is 1. The monoisotopic (exact) mass is 256 g/mol. The molecule has 0 bridgehead atoms. The van der Waals surface area contributed by atoms with Gasteiger partial charge in [-0.05, 0) is 18.5 Å². The zero-order valence-corrected chi connectivity index (χ0v) is 10.1. The Balaban J connectivity index is 1.89. The molecule has 1 fully saturated rings. The third kappa shape index (κ3) is 2.85. The Kier molecular flexibility index (Phi) is 3.94. The molecule has 3 nitrogen and oxygen atoms in total. The van der Waals surface area contributed by atoms with Gasteiger partial charge in [-0.15, -0.1) is 0 Å². The van der Waals surface area contributed by atoms with Crippen molar-refractivity contribution in [3.8, 4) is 0 Å². The van der Waals surface area contributed by atoms with E-state index in [1.807, 2.05) is 30.3 Å². The van der Waals surface area contributed by atoms with Gasteiger partial charge in [-0.2, -0.15) is 0 Å². The Morgan fingerprint density at radius 3 is 2.67 bits per heavy atom. The molecule has 0 spiro atoms. The van der Waals surface area contributed by atoms with Crippen LogP contribution in [-0.2, 0) is 6.54 Å². The summed E-state index contributed by atoms with van der Waals surface area (Å²) in [4.78, 5) is 0. The molecular weight excluding hydrogens is 238 g/mol. The molecule has 1 aromatic carbocycles. The number of alkyl halides is 2. The Hall–Kier alpha value is -1.04. The van der Waals surface area contributed by atoms with Crippen LogP contribution >= 0.6 is 0 Å². The maximum Gasteiger partial charge on any atom is 0.289 e. The largest absolute Gasteiger partial charge is 0.382 e. The number of hydrogen-bond acceptors (Lipinski definition) is 3. The minimum atomic E-state index is -3.09. The van der Waals surface area contributed by atoms with Crippen molar-refractivity contribution in [1.29, 1.82) is 0 Å². The van der Waals surface area contributed by atoms with Gasteiger partial charge in [0.15, 0.2) is 0 Å². The van der Waals surface area contributed by atoms with E-state index in [1.165, 1.54) is 0 Å². The second-order valence-corrected chi connectivity index (χ2v) is 4.75. The fourth-order valence-corrected chi connectivity index (χ4v) is 2.12. The average Bonchev–Trinajstić information content (AvgIpc) is 2.35. The van der Waals surface area contributed by atoms with Gasteiger partial charge in [-0.1, -0.05) is 30.3 Å². The third-order valence-electron chi connectivity index (χ3n) is 3.33. The Morgan fingerprint density at radius 1 is 1.28 bits per heavy atom. The molecule has 1 atom stereocenters. The topological polar surface area (TPSA) is 44.3 Å². The standard InChI is InChI=1S/C13H18F2N2O/c14-13(15)10-16-7-6-12(13,18)9-17-8-11-4-2-1-3-5-11/h1-5,16-18H,6-10H2. The van der Waals surface area contributed by atoms with Crippen LogP contribution in [-0.4, -0.2) is 36.3 Å². The molecule has 0 radical (unpaired) electrons. The lowest BCUT2D eigenvalue weighted by Gasteiger charge is -2.40. The second-order valence-electron chi connectivity index (χ2n) is 4.75. The molecule has 1 aliphatic rings. The molecule has 0 saturated carbocycles. The van der Waals surface area contributed by atoms with Crippen LogP contribution in [0.15, 0.2) is 30.3 Å². The maximum absolute atomic E-state index is 13.6. The fraction of sp³-hybridized carbons (Fsp3) is 0.538. The summed E-state index contributed by atoms with van der Waals surface area (Å²) < 4.78 is 27.3. The van der Waals surface area contributed by atoms with Crippen LogP contribution in [0.4, 0.5) is 8.78 Å². The molecule has 18 heavy (non-hydrogen) atoms. The molecular formula is C13H18F2N2O. The molecule has 2 rings (SSSR count). The van der Waals surface area contributed by atoms with Crippen molar-refractivity contribution in [3.05, 3.63) is 35.9 Å². The molecule has 3 N–H and O–H groups in total. The van der Waals surface area contributed by atoms with Crippen molar-refractivity contribution in [2.45, 2.75) is 24.5 Å². The van der Waals surface area contributed by atoms with E-state index in [2.05, 4.69) is 10.6 Å². The van der Waals surface area contributed by atoms with E-state index in [0.717, 1.165) is 5.56 Å². The van der Waals surface area contributed by atoms with Crippen LogP contribution in [0.5, 0.6) is 0 Å². The summed E-state index contributed by atoms with van der Waals surface area (Å²) in [7, 11) is 0. The lowest BCUT2D eigenvalue weighted by atomic mass is 9.88. The quantitative estimate of drug-likeness (QED) is 0.757. The molecule has 0 amide bonds. The summed E-state index contributed by atoms with van der Waals surface area (Å²) in [6, 6.07) is 9.52. The van der Waals surface area contributed by atoms with Gasteiger partial charge in [0.2, 0.25) is 0 Å². The van der Waals surface area contributed by atoms with E-state index in [-0.39, 0.29) is 13.0 Å². The van der Waals surface area contributed by atoms with E-state index in [4.69, 9.17) is 0 Å². The lowest BCUT2D eigenvalue weighted by Crippen LogP contribution is -2.63. The van der Waals surface area contributed by atoms with Crippen LogP contribution in [0, 0.1) is 0 Å². The number of rotatable bonds is 4. The van der Waals surface area contributed by atoms with Crippen molar-refractivity contribution in [2.24, 2.45) is 0 Å². The van der Waals surface area contributed by atoms with Gasteiger partial charge in [0.05, 0.1) is 6.54 Å². The van der Waals surface area contributed by atoms with Crippen LogP contribution in [0.25, 0.3) is 0 Å². The summed E-state index contributed by atoms with van der Waals surface area (Å²) in [5.74, 6) is -3.09. The zero-order chi connectivity index (χ0) is 13.1. The van der Waals surface area contributed by atoms with Gasteiger partial charge in [-0.25, -0.2) is 8.78 Å². The van der Waals surface area contributed by atoms with Crippen molar-refractivity contribution >= 4 is 0 Å². The fourth-order valence-electron chi connectivity index (χ4n) is 2.12. The highest BCUT2D eigenvalue weighted by atomic mass is 19.3. The first-order chi connectivity index (χ1) is 8.54. The second kappa shape index (κ2) is 5.30. The number of benzene rings is 1. The number of hydrogen-bond donors (Lipinski definition) is 3. The SMILES string of the molecule is OC1(CNCc2ccccc2)CCNCC1(F)F. The van der Waals surface area contributed by atoms with Crippen LogP contribution in [0.1, 0.15) is 12.0 Å². The summed E-state index contributed by atoms with van der Waals surface area (Å²) in [6.07, 6.45) is 0.0573. The first kappa shape index (κ1) is 13.4. The van der Waals surface area contributed by atoms with Gasteiger partial charge < -0.3 is 15.7 Å². The van der Waals surface area contributed by atoms with Crippen LogP contribution in [0.3, 0.4) is 0 Å². The summed E-state index contributed by atoms with van der Waals surface area (Å²) in [5.41, 5.74) is -0.939. The molecule has 1 unspecified atom stereocenters. The van der Waals surface area contributed by atoms with Crippen molar-refractivity contribution in [2.75, 3.05) is 19.6 Å². The number of halogens is 2. The first-order valence-electron chi connectivity index (χ1n) is 6.09. The summed E-state index contributed by atoms with van der Waals surface area (Å²) >= 11 is 0. The number of nitrogens with one attached hydrogen (secondary N) is 2. The van der Waals surface area contributed by atoms with Crippen molar-refractivity contribution in [1.82, 2.24) is 10.6 Å². The van der Waals surface area contributed by atoms with Gasteiger partial charge in [0.1, 0.15) is 5.60 Å². The number of piperidine rings is 1. The molecule has 100 valence electrons. The van der Waals surface area contributed by atoms with E-state index >= 15 is 0 Å². The van der Waals surface area contributed by atoms with Gasteiger partial charge in [0, 0.05) is 13.1 Å². The van der Waals surface area contributed by atoms with Crippen LogP contribution < -0.4 is 10.6 Å². The van der Waals surface area contributed by atoms with Crippen LogP contribution in [0.2, 0.25) is 0 Å². The first-order valence-corrected chi connectivity index (χ1v) is 6.09. The Morgan fingerprint density at radius 2 is 2.00 bits per heavy atom. The highest BCUT2D eigenvalue weighted by Gasteiger charge is 2.53. The average molecular weight is 256 g/mol. The Labute approximate surface area is 105 Å². The molecule has 1 saturated heterocycles. The van der Waals surface area contributed by atoms with Gasteiger partial charge >= 0.3 is 0 Å². The molecule has 5 heteroatoms. The molecule has 0 aromatic heterocycles. The molecule has 1 aliphatic heterocycles. The van der Waals surface area contributed by atoms with Gasteiger partial charge in [-0.3, -0.25) is 0 Å². The third-order valence-corrected chi connectivity index (χ3v) is 3.33. The van der Waals surface area contributed by atoms with Gasteiger partial charge in [0.25, 0.3) is 5.92 Å². The molecule has 0 aliphatic carbocycles. The maximum atomic E-state index is 13.6. The highest BCUT2D eigenvalue weighted by molar-refractivity contribution is 5.14. The van der Waals surface area contributed by atoms with E-state index in [0.29, 0.717) is 13.1 Å². The summed E-state index contributed by atoms with van der Waals surface area (Å²) in [6.45, 7) is 0.332.